The second-order valence-corrected chi connectivity index (χ2v) is 17.2. The smallest absolute Gasteiger partial charge is 0.220 e. The van der Waals surface area contributed by atoms with Gasteiger partial charge in [0.25, 0.3) is 0 Å². The van der Waals surface area contributed by atoms with E-state index in [1.807, 2.05) is 6.08 Å². The van der Waals surface area contributed by atoms with Crippen molar-refractivity contribution in [1.29, 1.82) is 0 Å². The van der Waals surface area contributed by atoms with E-state index in [-0.39, 0.29) is 18.9 Å². The van der Waals surface area contributed by atoms with Crippen molar-refractivity contribution in [3.8, 4) is 0 Å². The van der Waals surface area contributed by atoms with Crippen molar-refractivity contribution in [2.24, 2.45) is 0 Å². The van der Waals surface area contributed by atoms with Crippen LogP contribution < -0.4 is 5.32 Å². The number of nitrogens with one attached hydrogen (secondary N) is 1. The highest BCUT2D eigenvalue weighted by molar-refractivity contribution is 5.76. The van der Waals surface area contributed by atoms with Gasteiger partial charge in [0.2, 0.25) is 5.91 Å². The first kappa shape index (κ1) is 57.8. The van der Waals surface area contributed by atoms with Crippen molar-refractivity contribution in [3.05, 3.63) is 60.8 Å². The molecule has 0 aromatic rings. The fourth-order valence-corrected chi connectivity index (χ4v) is 7.57. The zero-order valence-corrected chi connectivity index (χ0v) is 39.0. The van der Waals surface area contributed by atoms with E-state index >= 15 is 0 Å². The van der Waals surface area contributed by atoms with Gasteiger partial charge in [0.15, 0.2) is 12.6 Å². The molecule has 2 rings (SSSR count). The van der Waals surface area contributed by atoms with Crippen molar-refractivity contribution in [1.82, 2.24) is 5.32 Å². The topological polar surface area (TPSA) is 228 Å². The molecule has 64 heavy (non-hydrogen) atoms. The Bertz CT molecular complexity index is 1310. The lowest BCUT2D eigenvalue weighted by Gasteiger charge is -2.46. The summed E-state index contributed by atoms with van der Waals surface area (Å²) in [5.41, 5.74) is 0. The van der Waals surface area contributed by atoms with Crippen LogP contribution in [0.5, 0.6) is 0 Å². The summed E-state index contributed by atoms with van der Waals surface area (Å²) >= 11 is 0. The SMILES string of the molecule is CCCC/C=C/CC/C=C/CC/C=C/C(O)C(COC1OC(CO)C(OC2OC(CO)C(O)C(O)C2O)C(O)C1O)NC(=O)CCCCCCCCC/C=C\C/C=C\CCCCCC. The van der Waals surface area contributed by atoms with Crippen LogP contribution in [0.4, 0.5) is 0 Å². The van der Waals surface area contributed by atoms with Gasteiger partial charge in [-0.25, -0.2) is 0 Å². The zero-order chi connectivity index (χ0) is 46.8. The van der Waals surface area contributed by atoms with Gasteiger partial charge in [-0.2, -0.15) is 0 Å². The van der Waals surface area contributed by atoms with Crippen LogP contribution in [0.25, 0.3) is 0 Å². The molecule has 0 aromatic carbocycles. The maximum Gasteiger partial charge on any atom is 0.220 e. The van der Waals surface area contributed by atoms with E-state index < -0.39 is 86.8 Å². The molecule has 0 aliphatic carbocycles. The number of amides is 1. The number of ether oxygens (including phenoxy) is 4. The fraction of sp³-hybridized carbons (Fsp3) is 0.780. The Morgan fingerprint density at radius 2 is 1.06 bits per heavy atom. The molecular weight excluding hydrogens is 823 g/mol. The first-order valence-electron chi connectivity index (χ1n) is 24.5. The number of carbonyl (C=O) groups is 1. The third-order valence-electron chi connectivity index (χ3n) is 11.7. The molecular formula is C50H87NO13. The summed E-state index contributed by atoms with van der Waals surface area (Å²) in [7, 11) is 0. The van der Waals surface area contributed by atoms with E-state index in [0.29, 0.717) is 12.8 Å². The van der Waals surface area contributed by atoms with Gasteiger partial charge in [-0.3, -0.25) is 4.79 Å². The molecule has 0 bridgehead atoms. The average molecular weight is 910 g/mol. The third kappa shape index (κ3) is 23.9. The maximum atomic E-state index is 13.1. The van der Waals surface area contributed by atoms with E-state index in [2.05, 4.69) is 67.8 Å². The lowest BCUT2D eigenvalue weighted by molar-refractivity contribution is -0.359. The van der Waals surface area contributed by atoms with Gasteiger partial charge >= 0.3 is 0 Å². The number of carbonyl (C=O) groups excluding carboxylic acids is 1. The normalized spacial score (nSPS) is 27.8. The molecule has 0 aromatic heterocycles. The molecule has 2 aliphatic rings. The summed E-state index contributed by atoms with van der Waals surface area (Å²) in [5, 5.41) is 86.5. The lowest BCUT2D eigenvalue weighted by Crippen LogP contribution is -2.65. The first-order chi connectivity index (χ1) is 31.1. The minimum absolute atomic E-state index is 0.258. The number of aliphatic hydroxyl groups is 8. The zero-order valence-electron chi connectivity index (χ0n) is 39.0. The van der Waals surface area contributed by atoms with E-state index in [0.717, 1.165) is 64.2 Å². The van der Waals surface area contributed by atoms with Crippen LogP contribution in [0.3, 0.4) is 0 Å². The van der Waals surface area contributed by atoms with Crippen molar-refractivity contribution >= 4 is 5.91 Å². The Kier molecular flexibility index (Phi) is 33.2. The fourth-order valence-electron chi connectivity index (χ4n) is 7.57. The Balaban J connectivity index is 1.87. The average Bonchev–Trinajstić information content (AvgIpc) is 3.29. The van der Waals surface area contributed by atoms with E-state index in [9.17, 15) is 45.6 Å². The minimum Gasteiger partial charge on any atom is -0.394 e. The molecule has 1 amide bonds. The molecule has 2 fully saturated rings. The van der Waals surface area contributed by atoms with Crippen molar-refractivity contribution in [2.75, 3.05) is 19.8 Å². The molecule has 12 unspecified atom stereocenters. The Hall–Kier alpha value is -2.31. The number of allylic oxidation sites excluding steroid dienone is 9. The quantitative estimate of drug-likeness (QED) is 0.0265. The summed E-state index contributed by atoms with van der Waals surface area (Å²) in [6.07, 6.45) is 26.9. The van der Waals surface area contributed by atoms with E-state index in [1.54, 1.807) is 6.08 Å². The van der Waals surface area contributed by atoms with Gasteiger partial charge in [-0.15, -0.1) is 0 Å². The molecule has 370 valence electrons. The van der Waals surface area contributed by atoms with Crippen molar-refractivity contribution in [3.63, 3.8) is 0 Å². The molecule has 0 spiro atoms. The minimum atomic E-state index is -1.79. The number of unbranched alkanes of at least 4 members (excludes halogenated alkanes) is 15. The van der Waals surface area contributed by atoms with Crippen molar-refractivity contribution in [2.45, 2.75) is 229 Å². The molecule has 12 atom stereocenters. The summed E-state index contributed by atoms with van der Waals surface area (Å²) in [6, 6.07) is -0.942. The Morgan fingerprint density at radius 3 is 1.67 bits per heavy atom. The maximum absolute atomic E-state index is 13.1. The van der Waals surface area contributed by atoms with Crippen LogP contribution in [0.15, 0.2) is 60.8 Å². The molecule has 2 saturated heterocycles. The van der Waals surface area contributed by atoms with Gasteiger partial charge < -0.3 is 65.1 Å². The summed E-state index contributed by atoms with van der Waals surface area (Å²) in [6.45, 7) is 2.66. The van der Waals surface area contributed by atoms with Crippen molar-refractivity contribution < 1.29 is 64.6 Å². The molecule has 2 heterocycles. The number of hydrogen-bond donors (Lipinski definition) is 9. The van der Waals surface area contributed by atoms with E-state index in [4.69, 9.17) is 18.9 Å². The largest absolute Gasteiger partial charge is 0.394 e. The molecule has 14 nitrogen and oxygen atoms in total. The summed E-state index contributed by atoms with van der Waals surface area (Å²) in [4.78, 5) is 13.1. The highest BCUT2D eigenvalue weighted by Gasteiger charge is 2.51. The monoisotopic (exact) mass is 910 g/mol. The molecule has 0 radical (unpaired) electrons. The molecule has 0 saturated carbocycles. The highest BCUT2D eigenvalue weighted by Crippen LogP contribution is 2.30. The number of rotatable bonds is 36. The second-order valence-electron chi connectivity index (χ2n) is 17.2. The number of aliphatic hydroxyl groups excluding tert-OH is 8. The van der Waals surface area contributed by atoms with Gasteiger partial charge in [-0.1, -0.05) is 139 Å². The van der Waals surface area contributed by atoms with Gasteiger partial charge in [0.05, 0.1) is 32.0 Å². The Morgan fingerprint density at radius 1 is 0.562 bits per heavy atom. The molecule has 14 heteroatoms. The van der Waals surface area contributed by atoms with Gasteiger partial charge in [0.1, 0.15) is 48.8 Å². The van der Waals surface area contributed by atoms with Crippen LogP contribution >= 0.6 is 0 Å². The summed E-state index contributed by atoms with van der Waals surface area (Å²) < 4.78 is 22.6. The summed E-state index contributed by atoms with van der Waals surface area (Å²) in [5.74, 6) is -0.266. The standard InChI is InChI=1S/C50H87NO13/c1-3-5-7-9-11-13-15-17-18-19-20-21-22-24-26-28-30-32-34-42(55)51-38(39(54)33-31-29-27-25-23-16-14-12-10-8-6-4-2)37-61-49-47(60)45(58)48(41(36-53)63-49)64-50-46(59)44(57)43(56)40(35-52)62-50/h10,12-13,15,18-19,23,25,31,33,38-41,43-50,52-54,56-60H,3-9,11,14,16-17,20-22,24,26-30,32,34-37H2,1-2H3,(H,51,55)/b12-10+,15-13-,19-18-,25-23+,33-31+. The molecule has 9 N–H and O–H groups in total. The predicted octanol–water partition coefficient (Wildman–Crippen LogP) is 5.88. The van der Waals surface area contributed by atoms with Crippen LogP contribution in [-0.2, 0) is 23.7 Å². The second kappa shape index (κ2) is 36.8. The van der Waals surface area contributed by atoms with Crippen LogP contribution in [0.1, 0.15) is 155 Å². The first-order valence-corrected chi connectivity index (χ1v) is 24.5. The lowest BCUT2D eigenvalue weighted by atomic mass is 9.97. The van der Waals surface area contributed by atoms with Gasteiger partial charge in [-0.05, 0) is 70.6 Å². The Labute approximate surface area is 384 Å². The molecule has 2 aliphatic heterocycles. The van der Waals surface area contributed by atoms with E-state index in [1.165, 1.54) is 57.8 Å². The predicted molar refractivity (Wildman–Crippen MR) is 249 cm³/mol. The number of hydrogen-bond acceptors (Lipinski definition) is 13. The van der Waals surface area contributed by atoms with Gasteiger partial charge in [0, 0.05) is 6.42 Å². The van der Waals surface area contributed by atoms with Crippen LogP contribution in [0.2, 0.25) is 0 Å². The highest BCUT2D eigenvalue weighted by atomic mass is 16.7. The van der Waals surface area contributed by atoms with Crippen LogP contribution in [0, 0.1) is 0 Å². The van der Waals surface area contributed by atoms with Crippen LogP contribution in [-0.4, -0.2) is 140 Å². The third-order valence-corrected chi connectivity index (χ3v) is 11.7.